The van der Waals surface area contributed by atoms with Crippen LogP contribution in [-0.2, 0) is 7.05 Å². The predicted octanol–water partition coefficient (Wildman–Crippen LogP) is 1.36. The number of pyridine rings is 1. The summed E-state index contributed by atoms with van der Waals surface area (Å²) in [5, 5.41) is 2.67. The number of amides is 2. The van der Waals surface area contributed by atoms with Gasteiger partial charge >= 0.3 is 0 Å². The zero-order chi connectivity index (χ0) is 19.4. The normalized spacial score (nSPS) is 10.2. The number of ether oxygens (including phenoxy) is 2. The minimum absolute atomic E-state index is 0.186. The molecule has 0 bridgehead atoms. The first kappa shape index (κ1) is 19.0. The number of anilines is 1. The largest absolute Gasteiger partial charge is 0.493 e. The Morgan fingerprint density at radius 1 is 1.08 bits per heavy atom. The van der Waals surface area contributed by atoms with Crippen LogP contribution >= 0.6 is 0 Å². The van der Waals surface area contributed by atoms with Gasteiger partial charge in [-0.15, -0.1) is 0 Å². The summed E-state index contributed by atoms with van der Waals surface area (Å²) >= 11 is 0. The van der Waals surface area contributed by atoms with Gasteiger partial charge in [0.15, 0.2) is 11.5 Å². The van der Waals surface area contributed by atoms with Gasteiger partial charge in [0, 0.05) is 45.0 Å². The Kier molecular flexibility index (Phi) is 5.66. The maximum atomic E-state index is 12.5. The van der Waals surface area contributed by atoms with E-state index in [0.717, 1.165) is 0 Å². The fraction of sp³-hybridized carbons (Fsp3) is 0.278. The summed E-state index contributed by atoms with van der Waals surface area (Å²) in [6.07, 6.45) is 1.50. The zero-order valence-corrected chi connectivity index (χ0v) is 15.3. The molecule has 2 rings (SSSR count). The van der Waals surface area contributed by atoms with Crippen molar-refractivity contribution in [2.45, 2.75) is 0 Å². The van der Waals surface area contributed by atoms with Gasteiger partial charge in [0.1, 0.15) is 0 Å². The van der Waals surface area contributed by atoms with E-state index in [2.05, 4.69) is 5.32 Å². The molecule has 2 amide bonds. The van der Waals surface area contributed by atoms with Gasteiger partial charge in [-0.25, -0.2) is 0 Å². The van der Waals surface area contributed by atoms with Gasteiger partial charge in [-0.3, -0.25) is 14.4 Å². The molecule has 0 spiro atoms. The maximum Gasteiger partial charge on any atom is 0.255 e. The first-order valence-corrected chi connectivity index (χ1v) is 7.74. The van der Waals surface area contributed by atoms with Gasteiger partial charge in [0.05, 0.1) is 25.5 Å². The van der Waals surface area contributed by atoms with Crippen molar-refractivity contribution < 1.29 is 19.1 Å². The molecule has 1 heterocycles. The van der Waals surface area contributed by atoms with Crippen LogP contribution in [0.2, 0.25) is 0 Å². The highest BCUT2D eigenvalue weighted by atomic mass is 16.5. The van der Waals surface area contributed by atoms with Crippen LogP contribution < -0.4 is 20.3 Å². The summed E-state index contributed by atoms with van der Waals surface area (Å²) in [5.74, 6) is -0.0979. The SMILES string of the molecule is COc1cc(NC(=O)c2ccn(C)c(=O)c2)c(C(=O)N(C)C)cc1OC. The molecule has 1 aromatic heterocycles. The lowest BCUT2D eigenvalue weighted by molar-refractivity contribution is 0.0828. The highest BCUT2D eigenvalue weighted by Crippen LogP contribution is 2.34. The molecule has 0 radical (unpaired) electrons. The van der Waals surface area contributed by atoms with Crippen molar-refractivity contribution in [1.29, 1.82) is 0 Å². The third-order valence-corrected chi connectivity index (χ3v) is 3.77. The van der Waals surface area contributed by atoms with Gasteiger partial charge in [0.2, 0.25) is 0 Å². The van der Waals surface area contributed by atoms with Crippen LogP contribution in [0.15, 0.2) is 35.3 Å². The van der Waals surface area contributed by atoms with Gasteiger partial charge in [-0.2, -0.15) is 0 Å². The van der Waals surface area contributed by atoms with E-state index in [1.807, 2.05) is 0 Å². The number of hydrogen-bond donors (Lipinski definition) is 1. The van der Waals surface area contributed by atoms with Crippen molar-refractivity contribution >= 4 is 17.5 Å². The van der Waals surface area contributed by atoms with Crippen molar-refractivity contribution in [2.75, 3.05) is 33.6 Å². The molecular formula is C18H21N3O5. The molecule has 26 heavy (non-hydrogen) atoms. The molecule has 8 heteroatoms. The number of carbonyl (C=O) groups is 2. The van der Waals surface area contributed by atoms with Crippen molar-refractivity contribution in [3.63, 3.8) is 0 Å². The summed E-state index contributed by atoms with van der Waals surface area (Å²) in [6, 6.07) is 5.75. The minimum Gasteiger partial charge on any atom is -0.493 e. The van der Waals surface area contributed by atoms with E-state index in [0.29, 0.717) is 11.5 Å². The summed E-state index contributed by atoms with van der Waals surface area (Å²) in [7, 11) is 7.71. The lowest BCUT2D eigenvalue weighted by Crippen LogP contribution is -2.25. The van der Waals surface area contributed by atoms with Crippen LogP contribution in [-0.4, -0.2) is 49.6 Å². The van der Waals surface area contributed by atoms with E-state index in [-0.39, 0.29) is 28.3 Å². The van der Waals surface area contributed by atoms with Gasteiger partial charge in [0.25, 0.3) is 17.4 Å². The number of rotatable bonds is 5. The molecule has 8 nitrogen and oxygen atoms in total. The molecule has 1 N–H and O–H groups in total. The molecule has 0 aliphatic heterocycles. The molecule has 0 fully saturated rings. The van der Waals surface area contributed by atoms with Crippen molar-refractivity contribution in [1.82, 2.24) is 9.47 Å². The second-order valence-electron chi connectivity index (χ2n) is 5.77. The maximum absolute atomic E-state index is 12.5. The molecule has 1 aromatic carbocycles. The van der Waals surface area contributed by atoms with E-state index in [9.17, 15) is 14.4 Å². The number of nitrogens with one attached hydrogen (secondary N) is 1. The molecule has 0 saturated heterocycles. The van der Waals surface area contributed by atoms with Crippen LogP contribution in [0.5, 0.6) is 11.5 Å². The Hall–Kier alpha value is -3.29. The van der Waals surface area contributed by atoms with Crippen LogP contribution in [0.4, 0.5) is 5.69 Å². The van der Waals surface area contributed by atoms with Crippen molar-refractivity contribution in [3.8, 4) is 11.5 Å². The number of aromatic nitrogens is 1. The van der Waals surface area contributed by atoms with Crippen LogP contribution in [0, 0.1) is 0 Å². The number of benzene rings is 1. The van der Waals surface area contributed by atoms with E-state index in [4.69, 9.17) is 9.47 Å². The predicted molar refractivity (Wildman–Crippen MR) is 97.2 cm³/mol. The molecule has 0 aliphatic rings. The van der Waals surface area contributed by atoms with Gasteiger partial charge in [-0.05, 0) is 12.1 Å². The smallest absolute Gasteiger partial charge is 0.255 e. The topological polar surface area (TPSA) is 89.9 Å². The quantitative estimate of drug-likeness (QED) is 0.870. The summed E-state index contributed by atoms with van der Waals surface area (Å²) in [6.45, 7) is 0. The summed E-state index contributed by atoms with van der Waals surface area (Å²) in [5.41, 5.74) is 0.373. The van der Waals surface area contributed by atoms with Gasteiger partial charge in [-0.1, -0.05) is 0 Å². The Labute approximate surface area is 150 Å². The van der Waals surface area contributed by atoms with E-state index >= 15 is 0 Å². The highest BCUT2D eigenvalue weighted by Gasteiger charge is 2.20. The van der Waals surface area contributed by atoms with Crippen LogP contribution in [0.25, 0.3) is 0 Å². The third kappa shape index (κ3) is 3.85. The lowest BCUT2D eigenvalue weighted by Gasteiger charge is -2.18. The van der Waals surface area contributed by atoms with Crippen molar-refractivity contribution in [2.24, 2.45) is 7.05 Å². The number of aryl methyl sites for hydroxylation is 1. The monoisotopic (exact) mass is 359 g/mol. The van der Waals surface area contributed by atoms with Crippen LogP contribution in [0.3, 0.4) is 0 Å². The number of hydrogen-bond acceptors (Lipinski definition) is 5. The standard InChI is InChI=1S/C18H21N3O5/c1-20(2)18(24)12-9-14(25-4)15(26-5)10-13(12)19-17(23)11-6-7-21(3)16(22)8-11/h6-10H,1-5H3,(H,19,23). The first-order valence-electron chi connectivity index (χ1n) is 7.74. The third-order valence-electron chi connectivity index (χ3n) is 3.77. The summed E-state index contributed by atoms with van der Waals surface area (Å²) in [4.78, 5) is 38.1. The molecule has 0 saturated carbocycles. The van der Waals surface area contributed by atoms with Gasteiger partial charge < -0.3 is 24.3 Å². The van der Waals surface area contributed by atoms with E-state index in [1.165, 1.54) is 54.1 Å². The average molecular weight is 359 g/mol. The molecule has 0 unspecified atom stereocenters. The Balaban J connectivity index is 2.48. The molecule has 0 aliphatic carbocycles. The van der Waals surface area contributed by atoms with Crippen molar-refractivity contribution in [3.05, 3.63) is 51.9 Å². The van der Waals surface area contributed by atoms with Crippen LogP contribution in [0.1, 0.15) is 20.7 Å². The number of carbonyl (C=O) groups excluding carboxylic acids is 2. The average Bonchev–Trinajstić information content (AvgIpc) is 2.62. The number of methoxy groups -OCH3 is 2. The zero-order valence-electron chi connectivity index (χ0n) is 15.3. The number of nitrogens with zero attached hydrogens (tertiary/aromatic N) is 2. The van der Waals surface area contributed by atoms with E-state index < -0.39 is 5.91 Å². The summed E-state index contributed by atoms with van der Waals surface area (Å²) < 4.78 is 11.8. The fourth-order valence-corrected chi connectivity index (χ4v) is 2.28. The molecule has 2 aromatic rings. The molecular weight excluding hydrogens is 338 g/mol. The Morgan fingerprint density at radius 2 is 1.69 bits per heavy atom. The van der Waals surface area contributed by atoms with E-state index in [1.54, 1.807) is 21.1 Å². The fourth-order valence-electron chi connectivity index (χ4n) is 2.28. The lowest BCUT2D eigenvalue weighted by atomic mass is 10.1. The Bertz CT molecular complexity index is 902. The molecule has 138 valence electrons. The Morgan fingerprint density at radius 3 is 2.23 bits per heavy atom. The second kappa shape index (κ2) is 7.73. The minimum atomic E-state index is -0.511. The second-order valence-corrected chi connectivity index (χ2v) is 5.77. The molecule has 0 atom stereocenters. The first-order chi connectivity index (χ1) is 12.3. The highest BCUT2D eigenvalue weighted by molar-refractivity contribution is 6.09.